The highest BCUT2D eigenvalue weighted by Gasteiger charge is 2.65. The van der Waals surface area contributed by atoms with Crippen molar-refractivity contribution >= 4 is 27.8 Å². The third kappa shape index (κ3) is 4.42. The van der Waals surface area contributed by atoms with Crippen molar-refractivity contribution in [3.05, 3.63) is 42.2 Å². The van der Waals surface area contributed by atoms with Crippen molar-refractivity contribution < 1.29 is 29.4 Å². The topological polar surface area (TPSA) is 81.6 Å². The van der Waals surface area contributed by atoms with Crippen LogP contribution in [0.25, 0.3) is 0 Å². The Morgan fingerprint density at radius 1 is 1.00 bits per heavy atom. The molecule has 0 saturated carbocycles. The predicted molar refractivity (Wildman–Crippen MR) is 93.5 cm³/mol. The molecule has 3 rings (SSSR count). The number of nitrogens with zero attached hydrogens (tertiary/aromatic N) is 4. The number of halogens is 5. The zero-order valence-electron chi connectivity index (χ0n) is 14.2. The maximum absolute atomic E-state index is 13.0. The molecule has 1 aliphatic rings. The van der Waals surface area contributed by atoms with Gasteiger partial charge in [-0.2, -0.15) is 0 Å². The first-order valence-corrected chi connectivity index (χ1v) is 9.93. The van der Waals surface area contributed by atoms with Crippen molar-refractivity contribution in [2.75, 3.05) is 36.0 Å². The summed E-state index contributed by atoms with van der Waals surface area (Å²) in [5, 5.41) is 8.56. The molecule has 0 atom stereocenters. The van der Waals surface area contributed by atoms with E-state index in [4.69, 9.17) is 5.21 Å². The van der Waals surface area contributed by atoms with Gasteiger partial charge in [0.05, 0.1) is 5.56 Å². The third-order valence-corrected chi connectivity index (χ3v) is 5.34. The van der Waals surface area contributed by atoms with Crippen LogP contribution in [0.15, 0.2) is 41.6 Å². The first kappa shape index (κ1) is 20.1. The number of hydroxylamine groups is 1. The van der Waals surface area contributed by atoms with Gasteiger partial charge in [0.1, 0.15) is 4.90 Å². The molecule has 7 nitrogen and oxygen atoms in total. The van der Waals surface area contributed by atoms with E-state index in [2.05, 4.69) is 9.97 Å². The molecular formula is C15H16F5N5O2S. The summed E-state index contributed by atoms with van der Waals surface area (Å²) in [6.45, 7) is 1.22. The Labute approximate surface area is 156 Å². The summed E-state index contributed by atoms with van der Waals surface area (Å²) < 4.78 is 65.0. The number of carbonyl (C=O) groups is 1. The fraction of sp³-hybridized carbons (Fsp3) is 0.267. The van der Waals surface area contributed by atoms with Crippen LogP contribution in [0.4, 0.5) is 31.1 Å². The molecule has 0 spiro atoms. The summed E-state index contributed by atoms with van der Waals surface area (Å²) >= 11 is 0. The second kappa shape index (κ2) is 6.17. The Kier molecular flexibility index (Phi) is 4.42. The van der Waals surface area contributed by atoms with Gasteiger partial charge in [-0.15, -0.1) is 0 Å². The smallest absolute Gasteiger partial charge is 0.310 e. The van der Waals surface area contributed by atoms with Gasteiger partial charge in [-0.25, -0.2) is 15.4 Å². The van der Waals surface area contributed by atoms with Crippen molar-refractivity contribution in [1.82, 2.24) is 15.4 Å². The molecule has 1 saturated heterocycles. The van der Waals surface area contributed by atoms with Gasteiger partial charge in [0.2, 0.25) is 5.95 Å². The van der Waals surface area contributed by atoms with Crippen molar-refractivity contribution in [3.63, 3.8) is 0 Å². The predicted octanol–water partition coefficient (Wildman–Crippen LogP) is 3.58. The van der Waals surface area contributed by atoms with E-state index in [0.29, 0.717) is 31.2 Å². The Balaban J connectivity index is 1.70. The van der Waals surface area contributed by atoms with Crippen LogP contribution in [0.3, 0.4) is 0 Å². The van der Waals surface area contributed by atoms with Crippen LogP contribution >= 0.6 is 10.2 Å². The van der Waals surface area contributed by atoms with Gasteiger partial charge in [-0.3, -0.25) is 10.0 Å². The van der Waals surface area contributed by atoms with E-state index >= 15 is 0 Å². The van der Waals surface area contributed by atoms with E-state index in [1.54, 1.807) is 9.80 Å². The molecule has 2 aromatic rings. The van der Waals surface area contributed by atoms with Gasteiger partial charge < -0.3 is 9.80 Å². The molecule has 2 heterocycles. The normalized spacial score (nSPS) is 17.6. The Morgan fingerprint density at radius 3 is 2.11 bits per heavy atom. The molecule has 2 N–H and O–H groups in total. The zero-order chi connectivity index (χ0) is 20.6. The van der Waals surface area contributed by atoms with E-state index in [1.165, 1.54) is 23.9 Å². The van der Waals surface area contributed by atoms with Crippen LogP contribution in [0.1, 0.15) is 10.4 Å². The molecule has 0 radical (unpaired) electrons. The number of benzene rings is 1. The Bertz CT molecular complexity index is 886. The molecule has 1 aromatic carbocycles. The third-order valence-electron chi connectivity index (χ3n) is 4.19. The SMILES string of the molecule is O=C(NO)c1cnc(N2CCN(c3cccc(S(F)(F)(F)(F)F)c3)CC2)nc1. The Morgan fingerprint density at radius 2 is 1.57 bits per heavy atom. The molecule has 154 valence electrons. The molecule has 13 heteroatoms. The minimum Gasteiger partial charge on any atom is -0.368 e. The molecule has 1 aromatic heterocycles. The average molecular weight is 425 g/mol. The summed E-state index contributed by atoms with van der Waals surface area (Å²) in [6, 6.07) is 3.15. The maximum atomic E-state index is 13.0. The zero-order valence-corrected chi connectivity index (χ0v) is 15.1. The van der Waals surface area contributed by atoms with Crippen LogP contribution < -0.4 is 15.3 Å². The number of hydrogen-bond donors (Lipinski definition) is 2. The lowest BCUT2D eigenvalue weighted by atomic mass is 10.2. The first-order valence-electron chi connectivity index (χ1n) is 7.98. The summed E-state index contributed by atoms with van der Waals surface area (Å²) in [6.07, 6.45) is 2.44. The maximum Gasteiger partial charge on any atom is 0.310 e. The van der Waals surface area contributed by atoms with Crippen LogP contribution in [-0.4, -0.2) is 47.3 Å². The molecule has 0 bridgehead atoms. The van der Waals surface area contributed by atoms with E-state index < -0.39 is 21.0 Å². The lowest BCUT2D eigenvalue weighted by Gasteiger charge is -2.41. The minimum atomic E-state index is -9.73. The van der Waals surface area contributed by atoms with Gasteiger partial charge in [-0.1, -0.05) is 25.5 Å². The fourth-order valence-electron chi connectivity index (χ4n) is 2.75. The largest absolute Gasteiger partial charge is 0.368 e. The van der Waals surface area contributed by atoms with Gasteiger partial charge in [0.15, 0.2) is 0 Å². The molecule has 1 amide bonds. The second-order valence-electron chi connectivity index (χ2n) is 6.15. The average Bonchev–Trinajstić information content (AvgIpc) is 2.66. The lowest BCUT2D eigenvalue weighted by molar-refractivity contribution is 0.0705. The van der Waals surface area contributed by atoms with Crippen LogP contribution in [0.5, 0.6) is 0 Å². The van der Waals surface area contributed by atoms with Crippen molar-refractivity contribution in [2.24, 2.45) is 0 Å². The van der Waals surface area contributed by atoms with Crippen molar-refractivity contribution in [1.29, 1.82) is 0 Å². The number of carbonyl (C=O) groups excluding carboxylic acids is 1. The van der Waals surface area contributed by atoms with Crippen LogP contribution in [-0.2, 0) is 0 Å². The number of rotatable bonds is 4. The van der Waals surface area contributed by atoms with E-state index in [1.807, 2.05) is 0 Å². The molecular weight excluding hydrogens is 409 g/mol. The summed E-state index contributed by atoms with van der Waals surface area (Å²) in [7, 11) is -9.73. The van der Waals surface area contributed by atoms with Gasteiger partial charge >= 0.3 is 10.2 Å². The second-order valence-corrected chi connectivity index (χ2v) is 8.56. The van der Waals surface area contributed by atoms with Crippen LogP contribution in [0, 0.1) is 0 Å². The number of nitrogens with one attached hydrogen (secondary N) is 1. The number of amides is 1. The highest BCUT2D eigenvalue weighted by molar-refractivity contribution is 8.45. The first-order chi connectivity index (χ1) is 12.9. The summed E-state index contributed by atoms with van der Waals surface area (Å²) in [5.74, 6) is -0.463. The van der Waals surface area contributed by atoms with Crippen molar-refractivity contribution in [3.8, 4) is 0 Å². The van der Waals surface area contributed by atoms with Crippen LogP contribution in [0.2, 0.25) is 0 Å². The fourth-order valence-corrected chi connectivity index (χ4v) is 3.43. The number of hydrogen-bond acceptors (Lipinski definition) is 6. The van der Waals surface area contributed by atoms with Gasteiger partial charge in [-0.05, 0) is 18.2 Å². The molecule has 28 heavy (non-hydrogen) atoms. The molecule has 1 fully saturated rings. The standard InChI is InChI=1S/C15H16F5N5O2S/c16-28(17,18,19,20)13-3-1-2-12(8-13)24-4-6-25(7-5-24)15-21-9-11(10-22-15)14(26)23-27/h1-3,8-10,27H,4-7H2,(H,23,26). The van der Waals surface area contributed by atoms with E-state index in [-0.39, 0.29) is 24.3 Å². The number of anilines is 2. The summed E-state index contributed by atoms with van der Waals surface area (Å²) in [5.41, 5.74) is 1.56. The quantitative estimate of drug-likeness (QED) is 0.443. The monoisotopic (exact) mass is 425 g/mol. The lowest BCUT2D eigenvalue weighted by Crippen LogP contribution is -2.47. The summed E-state index contributed by atoms with van der Waals surface area (Å²) in [4.78, 5) is 20.7. The molecule has 1 aliphatic heterocycles. The number of aromatic nitrogens is 2. The minimum absolute atomic E-state index is 0.0534. The van der Waals surface area contributed by atoms with E-state index in [0.717, 1.165) is 6.07 Å². The van der Waals surface area contributed by atoms with E-state index in [9.17, 15) is 24.2 Å². The molecule has 0 aliphatic carbocycles. The highest BCUT2D eigenvalue weighted by atomic mass is 32.5. The Hall–Kier alpha value is -2.67. The van der Waals surface area contributed by atoms with Crippen molar-refractivity contribution in [2.45, 2.75) is 4.90 Å². The highest BCUT2D eigenvalue weighted by Crippen LogP contribution is 3.02. The number of piperazine rings is 1. The van der Waals surface area contributed by atoms with Gasteiger partial charge in [0, 0.05) is 44.3 Å². The molecule has 0 unspecified atom stereocenters. The van der Waals surface area contributed by atoms with Gasteiger partial charge in [0.25, 0.3) is 5.91 Å².